The standard InChI is InChI=1S/C13H19N3O3/c1-8-3-4-11(17)10(15-8)7-16-5-6-19-9(2)12(16)13(14)18/h3-4,9,12,17H,5-7H2,1-2H3,(H2,14,18)/t9-,12+/m1/s1. The molecule has 2 atom stereocenters. The summed E-state index contributed by atoms with van der Waals surface area (Å²) < 4.78 is 5.45. The minimum atomic E-state index is -0.490. The van der Waals surface area contributed by atoms with Crippen LogP contribution in [-0.2, 0) is 16.1 Å². The third kappa shape index (κ3) is 3.02. The zero-order valence-corrected chi connectivity index (χ0v) is 11.2. The minimum Gasteiger partial charge on any atom is -0.506 e. The molecule has 0 spiro atoms. The maximum atomic E-state index is 11.5. The number of carbonyl (C=O) groups is 1. The van der Waals surface area contributed by atoms with Gasteiger partial charge >= 0.3 is 0 Å². The van der Waals surface area contributed by atoms with Crippen LogP contribution < -0.4 is 5.73 Å². The van der Waals surface area contributed by atoms with Crippen LogP contribution in [0.3, 0.4) is 0 Å². The van der Waals surface area contributed by atoms with E-state index in [2.05, 4.69) is 4.98 Å². The third-order valence-electron chi connectivity index (χ3n) is 3.33. The van der Waals surface area contributed by atoms with E-state index in [1.165, 1.54) is 0 Å². The molecule has 2 heterocycles. The molecule has 0 saturated carbocycles. The topological polar surface area (TPSA) is 88.7 Å². The number of nitrogens with two attached hydrogens (primary N) is 1. The molecule has 1 fully saturated rings. The van der Waals surface area contributed by atoms with Crippen LogP contribution >= 0.6 is 0 Å². The predicted octanol–water partition coefficient (Wildman–Crippen LogP) is 0.170. The molecule has 0 aromatic carbocycles. The molecular formula is C13H19N3O3. The molecule has 2 rings (SSSR count). The largest absolute Gasteiger partial charge is 0.506 e. The number of aromatic hydroxyl groups is 1. The van der Waals surface area contributed by atoms with E-state index in [4.69, 9.17) is 10.5 Å². The Morgan fingerprint density at radius 2 is 2.37 bits per heavy atom. The Bertz CT molecular complexity index is 478. The van der Waals surface area contributed by atoms with Crippen molar-refractivity contribution in [3.63, 3.8) is 0 Å². The zero-order valence-electron chi connectivity index (χ0n) is 11.2. The lowest BCUT2D eigenvalue weighted by Gasteiger charge is -2.37. The average molecular weight is 265 g/mol. The highest BCUT2D eigenvalue weighted by atomic mass is 16.5. The van der Waals surface area contributed by atoms with Crippen molar-refractivity contribution in [2.24, 2.45) is 5.73 Å². The molecule has 104 valence electrons. The van der Waals surface area contributed by atoms with Gasteiger partial charge < -0.3 is 15.6 Å². The maximum Gasteiger partial charge on any atom is 0.237 e. The summed E-state index contributed by atoms with van der Waals surface area (Å²) in [5, 5.41) is 9.82. The molecule has 0 radical (unpaired) electrons. The number of aryl methyl sites for hydroxylation is 1. The van der Waals surface area contributed by atoms with E-state index in [0.29, 0.717) is 25.4 Å². The number of pyridine rings is 1. The first kappa shape index (κ1) is 13.8. The second-order valence-electron chi connectivity index (χ2n) is 4.81. The van der Waals surface area contributed by atoms with Gasteiger partial charge in [0.1, 0.15) is 11.8 Å². The number of amides is 1. The monoisotopic (exact) mass is 265 g/mol. The molecule has 3 N–H and O–H groups in total. The quantitative estimate of drug-likeness (QED) is 0.813. The number of carbonyl (C=O) groups excluding carboxylic acids is 1. The van der Waals surface area contributed by atoms with E-state index in [1.54, 1.807) is 12.1 Å². The summed E-state index contributed by atoms with van der Waals surface area (Å²) in [6.07, 6.45) is -0.252. The number of ether oxygens (including phenoxy) is 1. The normalized spacial score (nSPS) is 24.3. The highest BCUT2D eigenvalue weighted by Crippen LogP contribution is 2.21. The van der Waals surface area contributed by atoms with Gasteiger partial charge in [-0.1, -0.05) is 0 Å². The van der Waals surface area contributed by atoms with E-state index < -0.39 is 11.9 Å². The second kappa shape index (κ2) is 5.54. The summed E-state index contributed by atoms with van der Waals surface area (Å²) >= 11 is 0. The predicted molar refractivity (Wildman–Crippen MR) is 69.4 cm³/mol. The van der Waals surface area contributed by atoms with Gasteiger partial charge in [-0.25, -0.2) is 0 Å². The number of hydrogen-bond donors (Lipinski definition) is 2. The minimum absolute atomic E-state index is 0.132. The van der Waals surface area contributed by atoms with Crippen LogP contribution in [0.5, 0.6) is 5.75 Å². The number of aromatic nitrogens is 1. The average Bonchev–Trinajstić information content (AvgIpc) is 2.33. The van der Waals surface area contributed by atoms with E-state index in [-0.39, 0.29) is 11.9 Å². The fourth-order valence-corrected chi connectivity index (χ4v) is 2.38. The van der Waals surface area contributed by atoms with Gasteiger partial charge in [-0.3, -0.25) is 14.7 Å². The summed E-state index contributed by atoms with van der Waals surface area (Å²) in [6, 6.07) is 2.86. The Hall–Kier alpha value is -1.66. The van der Waals surface area contributed by atoms with Crippen LogP contribution in [0.1, 0.15) is 18.3 Å². The SMILES string of the molecule is Cc1ccc(O)c(CN2CCO[C@H](C)[C@H]2C(N)=O)n1. The van der Waals surface area contributed by atoms with Crippen LogP contribution in [0.25, 0.3) is 0 Å². The van der Waals surface area contributed by atoms with Crippen LogP contribution in [0.2, 0.25) is 0 Å². The molecule has 6 heteroatoms. The number of nitrogens with zero attached hydrogens (tertiary/aromatic N) is 2. The Labute approximate surface area is 112 Å². The molecular weight excluding hydrogens is 246 g/mol. The van der Waals surface area contributed by atoms with E-state index in [0.717, 1.165) is 5.69 Å². The van der Waals surface area contributed by atoms with Gasteiger partial charge in [-0.15, -0.1) is 0 Å². The molecule has 0 aliphatic carbocycles. The molecule has 0 unspecified atom stereocenters. The van der Waals surface area contributed by atoms with Gasteiger partial charge in [0.25, 0.3) is 0 Å². The smallest absolute Gasteiger partial charge is 0.237 e. The van der Waals surface area contributed by atoms with Gasteiger partial charge in [0.05, 0.1) is 18.4 Å². The number of morpholine rings is 1. The fourth-order valence-electron chi connectivity index (χ4n) is 2.38. The Morgan fingerprint density at radius 3 is 3.05 bits per heavy atom. The summed E-state index contributed by atoms with van der Waals surface area (Å²) in [6.45, 7) is 5.20. The summed E-state index contributed by atoms with van der Waals surface area (Å²) in [7, 11) is 0. The molecule has 6 nitrogen and oxygen atoms in total. The van der Waals surface area contributed by atoms with Crippen molar-refractivity contribution in [3.05, 3.63) is 23.5 Å². The van der Waals surface area contributed by atoms with Gasteiger partial charge in [0.15, 0.2) is 0 Å². The molecule has 1 aromatic heterocycles. The lowest BCUT2D eigenvalue weighted by molar-refractivity contribution is -0.136. The van der Waals surface area contributed by atoms with Crippen molar-refractivity contribution in [2.45, 2.75) is 32.5 Å². The first-order valence-electron chi connectivity index (χ1n) is 6.29. The summed E-state index contributed by atoms with van der Waals surface area (Å²) in [5.41, 5.74) is 6.81. The van der Waals surface area contributed by atoms with Crippen molar-refractivity contribution in [1.29, 1.82) is 0 Å². The van der Waals surface area contributed by atoms with Crippen LogP contribution in [-0.4, -0.2) is 46.2 Å². The first-order valence-corrected chi connectivity index (χ1v) is 6.29. The number of rotatable bonds is 3. The molecule has 0 bridgehead atoms. The van der Waals surface area contributed by atoms with E-state index >= 15 is 0 Å². The van der Waals surface area contributed by atoms with Gasteiger partial charge in [-0.05, 0) is 26.0 Å². The lowest BCUT2D eigenvalue weighted by atomic mass is 10.1. The maximum absolute atomic E-state index is 11.5. The molecule has 1 aliphatic heterocycles. The van der Waals surface area contributed by atoms with Crippen LogP contribution in [0.4, 0.5) is 0 Å². The lowest BCUT2D eigenvalue weighted by Crippen LogP contribution is -2.56. The Morgan fingerprint density at radius 1 is 1.63 bits per heavy atom. The highest BCUT2D eigenvalue weighted by molar-refractivity contribution is 5.80. The number of primary amides is 1. The Balaban J connectivity index is 2.20. The van der Waals surface area contributed by atoms with Crippen LogP contribution in [0, 0.1) is 6.92 Å². The van der Waals surface area contributed by atoms with Crippen LogP contribution in [0.15, 0.2) is 12.1 Å². The van der Waals surface area contributed by atoms with Gasteiger partial charge in [-0.2, -0.15) is 0 Å². The molecule has 1 amide bonds. The molecule has 1 aromatic rings. The van der Waals surface area contributed by atoms with E-state index in [9.17, 15) is 9.90 Å². The Kier molecular flexibility index (Phi) is 4.01. The number of hydrogen-bond acceptors (Lipinski definition) is 5. The van der Waals surface area contributed by atoms with Crippen molar-refractivity contribution >= 4 is 5.91 Å². The zero-order chi connectivity index (χ0) is 14.0. The summed E-state index contributed by atoms with van der Waals surface area (Å²) in [4.78, 5) is 17.7. The van der Waals surface area contributed by atoms with E-state index in [1.807, 2.05) is 18.7 Å². The third-order valence-corrected chi connectivity index (χ3v) is 3.33. The highest BCUT2D eigenvalue weighted by Gasteiger charge is 2.34. The van der Waals surface area contributed by atoms with Crippen molar-refractivity contribution in [2.75, 3.05) is 13.2 Å². The molecule has 1 saturated heterocycles. The fraction of sp³-hybridized carbons (Fsp3) is 0.538. The van der Waals surface area contributed by atoms with Crippen molar-refractivity contribution < 1.29 is 14.6 Å². The second-order valence-corrected chi connectivity index (χ2v) is 4.81. The van der Waals surface area contributed by atoms with Gasteiger partial charge in [0, 0.05) is 18.8 Å². The first-order chi connectivity index (χ1) is 8.99. The molecule has 1 aliphatic rings. The van der Waals surface area contributed by atoms with Crippen molar-refractivity contribution in [1.82, 2.24) is 9.88 Å². The molecule has 19 heavy (non-hydrogen) atoms. The van der Waals surface area contributed by atoms with Crippen molar-refractivity contribution in [3.8, 4) is 5.75 Å². The summed E-state index contributed by atoms with van der Waals surface area (Å²) in [5.74, 6) is -0.285. The van der Waals surface area contributed by atoms with Gasteiger partial charge in [0.2, 0.25) is 5.91 Å².